The number of esters is 1. The molecular weight excluding hydrogens is 322 g/mol. The first-order chi connectivity index (χ1) is 11.7. The maximum absolute atomic E-state index is 12.1. The first kappa shape index (κ1) is 17.2. The summed E-state index contributed by atoms with van der Waals surface area (Å²) >= 11 is 1.52. The molecule has 5 heteroatoms. The molecular formula is C19H25NO3S. The Labute approximate surface area is 147 Å². The van der Waals surface area contributed by atoms with E-state index in [1.807, 2.05) is 6.07 Å². The molecule has 0 bridgehead atoms. The van der Waals surface area contributed by atoms with Gasteiger partial charge in [0.1, 0.15) is 4.88 Å². The summed E-state index contributed by atoms with van der Waals surface area (Å²) in [6.45, 7) is 0.427. The van der Waals surface area contributed by atoms with E-state index in [4.69, 9.17) is 4.74 Å². The summed E-state index contributed by atoms with van der Waals surface area (Å²) in [6, 6.07) is 1.94. The molecule has 0 radical (unpaired) electrons. The fourth-order valence-corrected chi connectivity index (χ4v) is 4.49. The van der Waals surface area contributed by atoms with Crippen LogP contribution in [0.15, 0.2) is 17.7 Å². The zero-order valence-corrected chi connectivity index (χ0v) is 14.9. The number of fused-ring (bicyclic) bond motifs is 1. The molecule has 0 unspecified atom stereocenters. The van der Waals surface area contributed by atoms with Gasteiger partial charge in [-0.3, -0.25) is 4.79 Å². The fraction of sp³-hybridized carbons (Fsp3) is 0.579. The van der Waals surface area contributed by atoms with Crippen molar-refractivity contribution in [3.63, 3.8) is 0 Å². The highest BCUT2D eigenvalue weighted by molar-refractivity contribution is 7.14. The number of hydrogen-bond donors (Lipinski definition) is 1. The van der Waals surface area contributed by atoms with E-state index in [0.717, 1.165) is 32.1 Å². The number of aryl methyl sites for hydroxylation is 2. The van der Waals surface area contributed by atoms with E-state index in [0.29, 0.717) is 11.4 Å². The molecule has 0 fully saturated rings. The molecule has 130 valence electrons. The Morgan fingerprint density at radius 1 is 1.12 bits per heavy atom. The Kier molecular flexibility index (Phi) is 6.07. The lowest BCUT2D eigenvalue weighted by Crippen LogP contribution is -2.29. The first-order valence-electron chi connectivity index (χ1n) is 8.95. The highest BCUT2D eigenvalue weighted by Gasteiger charge is 2.18. The lowest BCUT2D eigenvalue weighted by molar-refractivity contribution is -0.124. The average Bonchev–Trinajstić information content (AvgIpc) is 3.05. The number of ether oxygens (including phenoxy) is 1. The molecule has 0 aliphatic heterocycles. The molecule has 0 saturated heterocycles. The van der Waals surface area contributed by atoms with E-state index in [2.05, 4.69) is 11.4 Å². The monoisotopic (exact) mass is 347 g/mol. The van der Waals surface area contributed by atoms with E-state index >= 15 is 0 Å². The third-order valence-electron chi connectivity index (χ3n) is 4.69. The molecule has 1 N–H and O–H groups in total. The summed E-state index contributed by atoms with van der Waals surface area (Å²) in [4.78, 5) is 25.8. The highest BCUT2D eigenvalue weighted by Crippen LogP contribution is 2.30. The second kappa shape index (κ2) is 8.47. The molecule has 0 spiro atoms. The van der Waals surface area contributed by atoms with Gasteiger partial charge >= 0.3 is 5.97 Å². The van der Waals surface area contributed by atoms with Crippen LogP contribution in [0.5, 0.6) is 0 Å². The van der Waals surface area contributed by atoms with Crippen molar-refractivity contribution >= 4 is 23.2 Å². The minimum absolute atomic E-state index is 0.194. The minimum atomic E-state index is -0.375. The third kappa shape index (κ3) is 4.69. The summed E-state index contributed by atoms with van der Waals surface area (Å²) in [6.07, 6.45) is 12.5. The van der Waals surface area contributed by atoms with Gasteiger partial charge in [0.25, 0.3) is 5.91 Å². The lowest BCUT2D eigenvalue weighted by atomic mass is 9.97. The summed E-state index contributed by atoms with van der Waals surface area (Å²) in [5.74, 6) is -0.597. The van der Waals surface area contributed by atoms with E-state index in [-0.39, 0.29) is 18.5 Å². The highest BCUT2D eigenvalue weighted by atomic mass is 32.1. The number of rotatable bonds is 6. The topological polar surface area (TPSA) is 55.4 Å². The van der Waals surface area contributed by atoms with Crippen LogP contribution >= 0.6 is 11.3 Å². The Hall–Kier alpha value is -1.62. The second-order valence-corrected chi connectivity index (χ2v) is 7.69. The zero-order chi connectivity index (χ0) is 16.8. The van der Waals surface area contributed by atoms with Gasteiger partial charge < -0.3 is 10.1 Å². The number of allylic oxidation sites excluding steroid dienone is 1. The van der Waals surface area contributed by atoms with Gasteiger partial charge in [0.15, 0.2) is 6.61 Å². The van der Waals surface area contributed by atoms with Crippen molar-refractivity contribution in [3.05, 3.63) is 33.0 Å². The van der Waals surface area contributed by atoms with Gasteiger partial charge in [0, 0.05) is 11.4 Å². The van der Waals surface area contributed by atoms with Crippen LogP contribution in [0.3, 0.4) is 0 Å². The van der Waals surface area contributed by atoms with Crippen LogP contribution in [0.1, 0.15) is 65.1 Å². The Balaban J connectivity index is 1.38. The van der Waals surface area contributed by atoms with Crippen molar-refractivity contribution in [2.75, 3.05) is 13.2 Å². The van der Waals surface area contributed by atoms with E-state index < -0.39 is 0 Å². The van der Waals surface area contributed by atoms with Gasteiger partial charge in [-0.1, -0.05) is 11.6 Å². The largest absolute Gasteiger partial charge is 0.451 e. The van der Waals surface area contributed by atoms with Crippen molar-refractivity contribution in [1.82, 2.24) is 5.32 Å². The zero-order valence-electron chi connectivity index (χ0n) is 14.1. The number of hydrogen-bond acceptors (Lipinski definition) is 4. The van der Waals surface area contributed by atoms with Gasteiger partial charge in [-0.15, -0.1) is 11.3 Å². The maximum atomic E-state index is 12.1. The maximum Gasteiger partial charge on any atom is 0.348 e. The molecule has 1 aromatic heterocycles. The van der Waals surface area contributed by atoms with Gasteiger partial charge in [-0.2, -0.15) is 0 Å². The summed E-state index contributed by atoms with van der Waals surface area (Å²) in [5.41, 5.74) is 2.71. The van der Waals surface area contributed by atoms with Crippen LogP contribution in [-0.2, 0) is 22.4 Å². The lowest BCUT2D eigenvalue weighted by Gasteiger charge is -2.12. The van der Waals surface area contributed by atoms with Crippen LogP contribution in [0, 0.1) is 0 Å². The molecule has 0 atom stereocenters. The molecule has 3 rings (SSSR count). The van der Waals surface area contributed by atoms with E-state index in [9.17, 15) is 9.59 Å². The fourth-order valence-electron chi connectivity index (χ4n) is 3.34. The molecule has 0 saturated carbocycles. The van der Waals surface area contributed by atoms with Crippen LogP contribution in [0.2, 0.25) is 0 Å². The predicted molar refractivity (Wildman–Crippen MR) is 95.4 cm³/mol. The summed E-state index contributed by atoms with van der Waals surface area (Å²) in [7, 11) is 0. The molecule has 2 aliphatic carbocycles. The van der Waals surface area contributed by atoms with E-state index in [1.165, 1.54) is 53.0 Å². The second-order valence-electron chi connectivity index (χ2n) is 6.55. The Morgan fingerprint density at radius 3 is 2.75 bits per heavy atom. The summed E-state index contributed by atoms with van der Waals surface area (Å²) < 4.78 is 5.15. The van der Waals surface area contributed by atoms with Crippen molar-refractivity contribution < 1.29 is 14.3 Å². The SMILES string of the molecule is O=C(COC(=O)c1cc2c(s1)CCCC2)NCCC1=CCCCC1. The predicted octanol–water partition coefficient (Wildman–Crippen LogP) is 3.79. The molecule has 24 heavy (non-hydrogen) atoms. The average molecular weight is 347 g/mol. The molecule has 1 aromatic rings. The first-order valence-corrected chi connectivity index (χ1v) is 9.77. The van der Waals surface area contributed by atoms with Gasteiger partial charge in [0.05, 0.1) is 0 Å². The third-order valence-corrected chi connectivity index (χ3v) is 5.90. The van der Waals surface area contributed by atoms with Crippen molar-refractivity contribution in [2.45, 2.75) is 57.8 Å². The van der Waals surface area contributed by atoms with Crippen LogP contribution in [0.4, 0.5) is 0 Å². The standard InChI is InChI=1S/C19H25NO3S/c21-18(20-11-10-14-6-2-1-3-7-14)13-23-19(22)17-12-15-8-4-5-9-16(15)24-17/h6,12H,1-5,7-11,13H2,(H,20,21). The van der Waals surface area contributed by atoms with Gasteiger partial charge in [0.2, 0.25) is 0 Å². The number of thiophene rings is 1. The molecule has 4 nitrogen and oxygen atoms in total. The Bertz CT molecular complexity index is 609. The molecule has 0 aromatic carbocycles. The number of carbonyl (C=O) groups excluding carboxylic acids is 2. The van der Waals surface area contributed by atoms with Crippen molar-refractivity contribution in [3.8, 4) is 0 Å². The molecule has 2 aliphatic rings. The summed E-state index contributed by atoms with van der Waals surface area (Å²) in [5, 5.41) is 2.83. The minimum Gasteiger partial charge on any atom is -0.451 e. The van der Waals surface area contributed by atoms with Crippen molar-refractivity contribution in [2.24, 2.45) is 0 Å². The van der Waals surface area contributed by atoms with Crippen LogP contribution < -0.4 is 5.32 Å². The van der Waals surface area contributed by atoms with Crippen LogP contribution in [0.25, 0.3) is 0 Å². The van der Waals surface area contributed by atoms with E-state index in [1.54, 1.807) is 0 Å². The van der Waals surface area contributed by atoms with Gasteiger partial charge in [-0.05, 0) is 69.4 Å². The molecule has 1 heterocycles. The van der Waals surface area contributed by atoms with Gasteiger partial charge in [-0.25, -0.2) is 4.79 Å². The van der Waals surface area contributed by atoms with Crippen LogP contribution in [-0.4, -0.2) is 25.0 Å². The molecule has 1 amide bonds. The normalized spacial score (nSPS) is 16.9. The quantitative estimate of drug-likeness (QED) is 0.629. The smallest absolute Gasteiger partial charge is 0.348 e. The Morgan fingerprint density at radius 2 is 1.96 bits per heavy atom. The number of amides is 1. The number of carbonyl (C=O) groups is 2. The number of nitrogens with one attached hydrogen (secondary N) is 1. The van der Waals surface area contributed by atoms with Crippen molar-refractivity contribution in [1.29, 1.82) is 0 Å².